The third-order valence-electron chi connectivity index (χ3n) is 6.63. The van der Waals surface area contributed by atoms with Crippen molar-refractivity contribution in [3.63, 3.8) is 0 Å². The zero-order valence-electron chi connectivity index (χ0n) is 25.8. The number of ether oxygens (including phenoxy) is 2. The molecule has 3 aromatic carbocycles. The third-order valence-corrected chi connectivity index (χ3v) is 6.63. The van der Waals surface area contributed by atoms with E-state index in [0.29, 0.717) is 12.6 Å². The van der Waals surface area contributed by atoms with Crippen molar-refractivity contribution in [3.8, 4) is 5.75 Å². The number of nitrogens with zero attached hydrogens (tertiary/aromatic N) is 3. The lowest BCUT2D eigenvalue weighted by molar-refractivity contribution is -0.130. The summed E-state index contributed by atoms with van der Waals surface area (Å²) in [6.07, 6.45) is -0.640. The third kappa shape index (κ3) is 8.97. The van der Waals surface area contributed by atoms with Crippen molar-refractivity contribution >= 4 is 17.6 Å². The maximum Gasteiger partial charge on any atom is 0.253 e. The van der Waals surface area contributed by atoms with E-state index in [9.17, 15) is 4.79 Å². The van der Waals surface area contributed by atoms with Crippen LogP contribution in [0.2, 0.25) is 0 Å². The Hall–Kier alpha value is -4.56. The predicted octanol–water partition coefficient (Wildman–Crippen LogP) is 6.55. The highest BCUT2D eigenvalue weighted by molar-refractivity contribution is 6.00. The highest BCUT2D eigenvalue weighted by Gasteiger charge is 2.21. The quantitative estimate of drug-likeness (QED) is 0.176. The zero-order chi connectivity index (χ0) is 30.6. The first kappa shape index (κ1) is 32.0. The number of rotatable bonds is 9. The number of carbonyl (C=O) groups is 1. The molecule has 4 rings (SSSR count). The van der Waals surface area contributed by atoms with Gasteiger partial charge in [-0.3, -0.25) is 4.79 Å². The first-order chi connectivity index (χ1) is 20.1. The molecule has 2 N–H and O–H groups in total. The number of hydrogen-bond donors (Lipinski definition) is 2. The second kappa shape index (κ2) is 15.4. The van der Waals surface area contributed by atoms with Gasteiger partial charge in [-0.1, -0.05) is 60.7 Å². The Bertz CT molecular complexity index is 1510. The van der Waals surface area contributed by atoms with Crippen LogP contribution in [-0.4, -0.2) is 35.7 Å². The van der Waals surface area contributed by atoms with E-state index in [1.807, 2.05) is 89.2 Å². The molecule has 8 nitrogen and oxygen atoms in total. The van der Waals surface area contributed by atoms with Crippen LogP contribution in [0, 0.1) is 34.6 Å². The van der Waals surface area contributed by atoms with Crippen LogP contribution in [0.15, 0.2) is 77.9 Å². The highest BCUT2D eigenvalue weighted by atomic mass is 16.5. The standard InChI is InChI=1S/C19H23NO3.C15H18N4/c1-13-9-10-14(2)17(11-13)23-12-15-7-5-6-8-16(15)18(22-4)19(21)20-3;1-10-7-5-6-8-14(10)13(4)18-19-15-16-11(2)9-12(3)17-15/h5-11,18H,12H2,1-4H3,(H,20,21);5-9H,1-4H3,(H,16,17,19)/b;18-13-. The van der Waals surface area contributed by atoms with Crippen LogP contribution in [0.1, 0.15) is 57.8 Å². The average Bonchev–Trinajstić information content (AvgIpc) is 2.97. The van der Waals surface area contributed by atoms with Crippen molar-refractivity contribution in [2.24, 2.45) is 5.10 Å². The second-order valence-corrected chi connectivity index (χ2v) is 10.1. The molecule has 1 unspecified atom stereocenters. The second-order valence-electron chi connectivity index (χ2n) is 10.1. The lowest BCUT2D eigenvalue weighted by Crippen LogP contribution is -2.27. The molecule has 0 saturated carbocycles. The number of aromatic nitrogens is 2. The minimum Gasteiger partial charge on any atom is -0.489 e. The van der Waals surface area contributed by atoms with Gasteiger partial charge in [0.15, 0.2) is 6.10 Å². The molecule has 42 heavy (non-hydrogen) atoms. The van der Waals surface area contributed by atoms with Gasteiger partial charge < -0.3 is 14.8 Å². The fourth-order valence-electron chi connectivity index (χ4n) is 4.39. The molecule has 4 aromatic rings. The summed E-state index contributed by atoms with van der Waals surface area (Å²) in [4.78, 5) is 20.6. The Balaban J connectivity index is 0.000000235. The van der Waals surface area contributed by atoms with Crippen molar-refractivity contribution in [2.45, 2.75) is 54.3 Å². The molecule has 0 aliphatic rings. The van der Waals surface area contributed by atoms with Crippen LogP contribution in [0.25, 0.3) is 0 Å². The average molecular weight is 568 g/mol. The molecular formula is C34H41N5O3. The van der Waals surface area contributed by atoms with Gasteiger partial charge in [0.25, 0.3) is 5.91 Å². The number of amides is 1. The van der Waals surface area contributed by atoms with Crippen LogP contribution in [-0.2, 0) is 16.1 Å². The van der Waals surface area contributed by atoms with Gasteiger partial charge in [0.1, 0.15) is 12.4 Å². The van der Waals surface area contributed by atoms with Crippen LogP contribution < -0.4 is 15.5 Å². The van der Waals surface area contributed by atoms with E-state index in [4.69, 9.17) is 9.47 Å². The number of aryl methyl sites for hydroxylation is 5. The van der Waals surface area contributed by atoms with Gasteiger partial charge >= 0.3 is 0 Å². The lowest BCUT2D eigenvalue weighted by atomic mass is 10.0. The van der Waals surface area contributed by atoms with Gasteiger partial charge in [-0.15, -0.1) is 0 Å². The lowest BCUT2D eigenvalue weighted by Gasteiger charge is -2.18. The summed E-state index contributed by atoms with van der Waals surface area (Å²) < 4.78 is 11.3. The Morgan fingerprint density at radius 3 is 2.21 bits per heavy atom. The Morgan fingerprint density at radius 2 is 1.55 bits per heavy atom. The van der Waals surface area contributed by atoms with E-state index in [1.165, 1.54) is 12.7 Å². The van der Waals surface area contributed by atoms with Crippen molar-refractivity contribution in [3.05, 3.63) is 118 Å². The largest absolute Gasteiger partial charge is 0.489 e. The Labute approximate surface area is 249 Å². The first-order valence-electron chi connectivity index (χ1n) is 13.8. The molecule has 1 atom stereocenters. The van der Waals surface area contributed by atoms with Crippen LogP contribution >= 0.6 is 0 Å². The van der Waals surface area contributed by atoms with E-state index >= 15 is 0 Å². The molecule has 0 aliphatic heterocycles. The zero-order valence-corrected chi connectivity index (χ0v) is 25.8. The SMILES string of the molecule is C/C(=N/Nc1nc(C)cc(C)n1)c1ccccc1C.CNC(=O)C(OC)c1ccccc1COc1cc(C)ccc1C. The van der Waals surface area contributed by atoms with Crippen LogP contribution in [0.5, 0.6) is 5.75 Å². The number of hydrogen-bond acceptors (Lipinski definition) is 7. The molecule has 220 valence electrons. The minimum atomic E-state index is -0.640. The number of benzene rings is 3. The monoisotopic (exact) mass is 567 g/mol. The van der Waals surface area contributed by atoms with Gasteiger partial charge in [0.2, 0.25) is 5.95 Å². The van der Waals surface area contributed by atoms with Crippen molar-refractivity contribution in [2.75, 3.05) is 19.6 Å². The summed E-state index contributed by atoms with van der Waals surface area (Å²) in [6.45, 7) is 12.4. The summed E-state index contributed by atoms with van der Waals surface area (Å²) in [7, 11) is 3.13. The maximum absolute atomic E-state index is 12.0. The summed E-state index contributed by atoms with van der Waals surface area (Å²) >= 11 is 0. The van der Waals surface area contributed by atoms with E-state index in [1.54, 1.807) is 7.05 Å². The molecule has 0 fully saturated rings. The fraction of sp³-hybridized carbons (Fsp3) is 0.294. The molecular weight excluding hydrogens is 526 g/mol. The van der Waals surface area contributed by atoms with Crippen molar-refractivity contribution < 1.29 is 14.3 Å². The summed E-state index contributed by atoms with van der Waals surface area (Å²) in [5.74, 6) is 1.21. The maximum atomic E-state index is 12.0. The van der Waals surface area contributed by atoms with Gasteiger partial charge in [-0.25, -0.2) is 15.4 Å². The molecule has 1 amide bonds. The van der Waals surface area contributed by atoms with E-state index in [-0.39, 0.29) is 5.91 Å². The van der Waals surface area contributed by atoms with Gasteiger partial charge in [0.05, 0.1) is 5.71 Å². The number of nitrogens with one attached hydrogen (secondary N) is 2. The normalized spacial score (nSPS) is 11.7. The summed E-state index contributed by atoms with van der Waals surface area (Å²) in [6, 6.07) is 23.9. The van der Waals surface area contributed by atoms with Gasteiger partial charge in [0, 0.05) is 31.1 Å². The van der Waals surface area contributed by atoms with Crippen molar-refractivity contribution in [1.29, 1.82) is 0 Å². The first-order valence-corrected chi connectivity index (χ1v) is 13.8. The molecule has 0 bridgehead atoms. The molecule has 0 aliphatic carbocycles. The van der Waals surface area contributed by atoms with Gasteiger partial charge in [-0.2, -0.15) is 5.10 Å². The van der Waals surface area contributed by atoms with E-state index in [0.717, 1.165) is 50.7 Å². The topological polar surface area (TPSA) is 97.7 Å². The van der Waals surface area contributed by atoms with E-state index < -0.39 is 6.10 Å². The Kier molecular flexibility index (Phi) is 11.8. The molecule has 1 aromatic heterocycles. The number of hydrazone groups is 1. The minimum absolute atomic E-state index is 0.174. The predicted molar refractivity (Wildman–Crippen MR) is 169 cm³/mol. The molecule has 1 heterocycles. The smallest absolute Gasteiger partial charge is 0.253 e. The molecule has 0 radical (unpaired) electrons. The van der Waals surface area contributed by atoms with E-state index in [2.05, 4.69) is 50.9 Å². The number of carbonyl (C=O) groups excluding carboxylic acids is 1. The van der Waals surface area contributed by atoms with Gasteiger partial charge in [-0.05, 0) is 81.5 Å². The number of methoxy groups -OCH3 is 1. The highest BCUT2D eigenvalue weighted by Crippen LogP contribution is 2.25. The van der Waals surface area contributed by atoms with Crippen LogP contribution in [0.4, 0.5) is 5.95 Å². The number of anilines is 1. The Morgan fingerprint density at radius 1 is 0.881 bits per heavy atom. The fourth-order valence-corrected chi connectivity index (χ4v) is 4.39. The summed E-state index contributed by atoms with van der Waals surface area (Å²) in [5, 5.41) is 6.98. The number of likely N-dealkylation sites (N-methyl/N-ethyl adjacent to an activating group) is 1. The molecule has 0 spiro atoms. The molecule has 8 heteroatoms. The van der Waals surface area contributed by atoms with Crippen molar-refractivity contribution in [1.82, 2.24) is 15.3 Å². The molecule has 0 saturated heterocycles. The van der Waals surface area contributed by atoms with Crippen LogP contribution in [0.3, 0.4) is 0 Å². The summed E-state index contributed by atoms with van der Waals surface area (Å²) in [5.41, 5.74) is 12.0.